The fraction of sp³-hybridized carbons (Fsp3) is 0.929. The molecule has 18 heavy (non-hydrogen) atoms. The van der Waals surface area contributed by atoms with E-state index in [4.69, 9.17) is 5.73 Å². The molecule has 3 unspecified atom stereocenters. The third-order valence-electron chi connectivity index (χ3n) is 4.40. The fourth-order valence-electron chi connectivity index (χ4n) is 3.18. The van der Waals surface area contributed by atoms with Crippen LogP contribution >= 0.6 is 0 Å². The maximum Gasteiger partial charge on any atom is 0.236 e. The molecule has 4 nitrogen and oxygen atoms in total. The number of carbonyl (C=O) groups excluding carboxylic acids is 1. The Labute approximate surface area is 110 Å². The highest BCUT2D eigenvalue weighted by atomic mass is 16.2. The zero-order valence-corrected chi connectivity index (χ0v) is 11.8. The first kappa shape index (κ1) is 13.8. The summed E-state index contributed by atoms with van der Waals surface area (Å²) in [5.41, 5.74) is 5.96. The van der Waals surface area contributed by atoms with Crippen LogP contribution in [0.2, 0.25) is 0 Å². The predicted octanol–water partition coefficient (Wildman–Crippen LogP) is 1.06. The second-order valence-electron chi connectivity index (χ2n) is 6.19. The number of carbonyl (C=O) groups is 1. The minimum Gasteiger partial charge on any atom is -0.341 e. The van der Waals surface area contributed by atoms with Crippen molar-refractivity contribution in [2.45, 2.75) is 51.6 Å². The first-order valence-corrected chi connectivity index (χ1v) is 7.33. The Morgan fingerprint density at radius 2 is 2.06 bits per heavy atom. The Hall–Kier alpha value is -0.610. The zero-order chi connectivity index (χ0) is 13.1. The molecule has 2 fully saturated rings. The standard InChI is InChI=1S/C14H27N3O/c1-11-4-3-6-17(9-11)14(18)10-16-7-5-13(15)8-12(16)2/h11-13H,3-10,15H2,1-2H3. The third-order valence-corrected chi connectivity index (χ3v) is 4.40. The highest BCUT2D eigenvalue weighted by molar-refractivity contribution is 5.78. The van der Waals surface area contributed by atoms with Gasteiger partial charge in [0.2, 0.25) is 5.91 Å². The highest BCUT2D eigenvalue weighted by Gasteiger charge is 2.27. The van der Waals surface area contributed by atoms with Crippen LogP contribution in [0.25, 0.3) is 0 Å². The van der Waals surface area contributed by atoms with Crippen molar-refractivity contribution in [3.63, 3.8) is 0 Å². The molecule has 0 radical (unpaired) electrons. The van der Waals surface area contributed by atoms with Gasteiger partial charge in [0.1, 0.15) is 0 Å². The molecule has 2 rings (SSSR count). The summed E-state index contributed by atoms with van der Waals surface area (Å²) < 4.78 is 0. The van der Waals surface area contributed by atoms with Gasteiger partial charge >= 0.3 is 0 Å². The van der Waals surface area contributed by atoms with Crippen LogP contribution in [0.4, 0.5) is 0 Å². The van der Waals surface area contributed by atoms with Crippen molar-refractivity contribution in [2.75, 3.05) is 26.2 Å². The molecule has 0 saturated carbocycles. The van der Waals surface area contributed by atoms with Crippen LogP contribution in [0, 0.1) is 5.92 Å². The molecule has 0 aromatic rings. The molecule has 0 aromatic heterocycles. The summed E-state index contributed by atoms with van der Waals surface area (Å²) >= 11 is 0. The first-order chi connectivity index (χ1) is 8.56. The quantitative estimate of drug-likeness (QED) is 0.800. The van der Waals surface area contributed by atoms with E-state index in [0.717, 1.165) is 38.9 Å². The van der Waals surface area contributed by atoms with E-state index in [-0.39, 0.29) is 0 Å². The first-order valence-electron chi connectivity index (χ1n) is 7.33. The van der Waals surface area contributed by atoms with E-state index in [2.05, 4.69) is 23.6 Å². The number of amides is 1. The molecule has 2 aliphatic rings. The summed E-state index contributed by atoms with van der Waals surface area (Å²) in [6.45, 7) is 7.87. The normalized spacial score (nSPS) is 34.6. The lowest BCUT2D eigenvalue weighted by molar-refractivity contribution is -0.135. The number of hydrogen-bond acceptors (Lipinski definition) is 3. The Balaban J connectivity index is 1.83. The van der Waals surface area contributed by atoms with Gasteiger partial charge < -0.3 is 10.6 Å². The maximum absolute atomic E-state index is 12.3. The second kappa shape index (κ2) is 6.02. The van der Waals surface area contributed by atoms with Crippen molar-refractivity contribution in [1.82, 2.24) is 9.80 Å². The number of nitrogens with zero attached hydrogens (tertiary/aromatic N) is 2. The van der Waals surface area contributed by atoms with E-state index >= 15 is 0 Å². The molecular weight excluding hydrogens is 226 g/mol. The third kappa shape index (κ3) is 3.45. The average molecular weight is 253 g/mol. The number of hydrogen-bond donors (Lipinski definition) is 1. The van der Waals surface area contributed by atoms with Crippen LogP contribution in [0.15, 0.2) is 0 Å². The van der Waals surface area contributed by atoms with E-state index in [9.17, 15) is 4.79 Å². The number of nitrogens with two attached hydrogens (primary N) is 1. The molecule has 3 atom stereocenters. The smallest absolute Gasteiger partial charge is 0.236 e. The van der Waals surface area contributed by atoms with Crippen molar-refractivity contribution in [1.29, 1.82) is 0 Å². The van der Waals surface area contributed by atoms with Gasteiger partial charge in [-0.1, -0.05) is 6.92 Å². The summed E-state index contributed by atoms with van der Waals surface area (Å²) in [7, 11) is 0. The van der Waals surface area contributed by atoms with Crippen molar-refractivity contribution in [3.05, 3.63) is 0 Å². The van der Waals surface area contributed by atoms with Crippen molar-refractivity contribution in [3.8, 4) is 0 Å². The molecule has 0 aliphatic carbocycles. The summed E-state index contributed by atoms with van der Waals surface area (Å²) in [5.74, 6) is 0.971. The van der Waals surface area contributed by atoms with Gasteiger partial charge in [0.15, 0.2) is 0 Å². The van der Waals surface area contributed by atoms with Crippen LogP contribution in [0.5, 0.6) is 0 Å². The Morgan fingerprint density at radius 3 is 2.72 bits per heavy atom. The highest BCUT2D eigenvalue weighted by Crippen LogP contribution is 2.18. The molecule has 4 heteroatoms. The monoisotopic (exact) mass is 253 g/mol. The Kier molecular flexibility index (Phi) is 4.62. The lowest BCUT2D eigenvalue weighted by atomic mass is 9.98. The molecule has 0 bridgehead atoms. The van der Waals surface area contributed by atoms with Gasteiger partial charge in [-0.15, -0.1) is 0 Å². The topological polar surface area (TPSA) is 49.6 Å². The van der Waals surface area contributed by atoms with E-state index in [0.29, 0.717) is 30.5 Å². The summed E-state index contributed by atoms with van der Waals surface area (Å²) in [6, 6.07) is 0.765. The van der Waals surface area contributed by atoms with Crippen LogP contribution in [-0.2, 0) is 4.79 Å². The Morgan fingerprint density at radius 1 is 1.28 bits per heavy atom. The lowest BCUT2D eigenvalue weighted by Crippen LogP contribution is -2.51. The number of piperidine rings is 2. The van der Waals surface area contributed by atoms with Crippen molar-refractivity contribution >= 4 is 5.91 Å². The molecule has 2 aliphatic heterocycles. The molecule has 2 heterocycles. The minimum absolute atomic E-state index is 0.309. The van der Waals surface area contributed by atoms with Crippen molar-refractivity contribution < 1.29 is 4.79 Å². The van der Waals surface area contributed by atoms with Crippen LogP contribution in [0.3, 0.4) is 0 Å². The molecule has 2 saturated heterocycles. The lowest BCUT2D eigenvalue weighted by Gasteiger charge is -2.38. The molecule has 104 valence electrons. The van der Waals surface area contributed by atoms with Crippen LogP contribution < -0.4 is 5.73 Å². The Bertz CT molecular complexity index is 295. The van der Waals surface area contributed by atoms with Gasteiger partial charge in [0.05, 0.1) is 6.54 Å². The summed E-state index contributed by atoms with van der Waals surface area (Å²) in [6.07, 6.45) is 4.46. The van der Waals surface area contributed by atoms with E-state index in [1.165, 1.54) is 6.42 Å². The predicted molar refractivity (Wildman–Crippen MR) is 73.2 cm³/mol. The number of rotatable bonds is 2. The zero-order valence-electron chi connectivity index (χ0n) is 11.8. The van der Waals surface area contributed by atoms with Crippen LogP contribution in [0.1, 0.15) is 39.5 Å². The largest absolute Gasteiger partial charge is 0.341 e. The van der Waals surface area contributed by atoms with Gasteiger partial charge in [-0.25, -0.2) is 0 Å². The molecule has 0 spiro atoms. The molecule has 2 N–H and O–H groups in total. The fourth-order valence-corrected chi connectivity index (χ4v) is 3.18. The molecular formula is C14H27N3O. The summed E-state index contributed by atoms with van der Waals surface area (Å²) in [5, 5.41) is 0. The van der Waals surface area contributed by atoms with Gasteiger partial charge in [-0.3, -0.25) is 9.69 Å². The number of likely N-dealkylation sites (tertiary alicyclic amines) is 2. The van der Waals surface area contributed by atoms with E-state index < -0.39 is 0 Å². The van der Waals surface area contributed by atoms with Gasteiger partial charge in [-0.2, -0.15) is 0 Å². The van der Waals surface area contributed by atoms with E-state index in [1.54, 1.807) is 0 Å². The van der Waals surface area contributed by atoms with E-state index in [1.807, 2.05) is 0 Å². The summed E-state index contributed by atoms with van der Waals surface area (Å²) in [4.78, 5) is 16.6. The van der Waals surface area contributed by atoms with Gasteiger partial charge in [0.25, 0.3) is 0 Å². The van der Waals surface area contributed by atoms with Crippen LogP contribution in [-0.4, -0.2) is 54.0 Å². The van der Waals surface area contributed by atoms with Gasteiger partial charge in [0, 0.05) is 31.7 Å². The van der Waals surface area contributed by atoms with Gasteiger partial charge in [-0.05, 0) is 38.5 Å². The molecule has 1 amide bonds. The minimum atomic E-state index is 0.309. The molecule has 0 aromatic carbocycles. The van der Waals surface area contributed by atoms with Crippen molar-refractivity contribution in [2.24, 2.45) is 11.7 Å². The SMILES string of the molecule is CC1CCCN(C(=O)CN2CCC(N)CC2C)C1. The maximum atomic E-state index is 12.3. The average Bonchev–Trinajstić information content (AvgIpc) is 2.32. The second-order valence-corrected chi connectivity index (χ2v) is 6.19.